The Kier molecular flexibility index (Phi) is 4.74. The van der Waals surface area contributed by atoms with Crippen molar-refractivity contribution in [3.05, 3.63) is 29.8 Å². The second kappa shape index (κ2) is 6.17. The molecule has 0 radical (unpaired) electrons. The minimum atomic E-state index is 0.393. The molecule has 0 heterocycles. The fourth-order valence-electron chi connectivity index (χ4n) is 3.56. The highest BCUT2D eigenvalue weighted by Gasteiger charge is 2.35. The third-order valence-corrected chi connectivity index (χ3v) is 5.06. The highest BCUT2D eigenvalue weighted by molar-refractivity contribution is 5.30. The van der Waals surface area contributed by atoms with Crippen LogP contribution in [0, 0.1) is 17.3 Å². The van der Waals surface area contributed by atoms with Gasteiger partial charge in [0.25, 0.3) is 0 Å². The molecule has 2 rings (SSSR count). The van der Waals surface area contributed by atoms with Crippen LogP contribution < -0.4 is 10.5 Å². The number of benzene rings is 1. The first-order valence-electron chi connectivity index (χ1n) is 7.79. The first-order chi connectivity index (χ1) is 9.45. The first kappa shape index (κ1) is 15.4. The van der Waals surface area contributed by atoms with Crippen LogP contribution in [0.3, 0.4) is 0 Å². The molecule has 1 saturated carbocycles. The maximum Gasteiger partial charge on any atom is 0.118 e. The molecule has 1 aliphatic rings. The van der Waals surface area contributed by atoms with Gasteiger partial charge in [-0.1, -0.05) is 32.9 Å². The lowest BCUT2D eigenvalue weighted by atomic mass is 9.64. The standard InChI is InChI=1S/C18H29NO/c1-18(2,3)15-8-5-14(12-19)17(11-15)13-6-9-16(20-4)10-7-13/h6-7,9-10,14-15,17H,5,8,11-12,19H2,1-4H3. The molecule has 3 unspecified atom stereocenters. The van der Waals surface area contributed by atoms with E-state index in [1.165, 1.54) is 24.8 Å². The Hall–Kier alpha value is -1.02. The van der Waals surface area contributed by atoms with Crippen molar-refractivity contribution in [3.8, 4) is 5.75 Å². The van der Waals surface area contributed by atoms with Crippen LogP contribution in [0.2, 0.25) is 0 Å². The molecule has 1 fully saturated rings. The fourth-order valence-corrected chi connectivity index (χ4v) is 3.56. The Morgan fingerprint density at radius 1 is 1.15 bits per heavy atom. The number of hydrogen-bond acceptors (Lipinski definition) is 2. The Bertz CT molecular complexity index is 418. The highest BCUT2D eigenvalue weighted by Crippen LogP contribution is 2.46. The van der Waals surface area contributed by atoms with E-state index in [-0.39, 0.29) is 0 Å². The van der Waals surface area contributed by atoms with Crippen LogP contribution in [-0.2, 0) is 0 Å². The van der Waals surface area contributed by atoms with Gasteiger partial charge in [-0.05, 0) is 66.7 Å². The Morgan fingerprint density at radius 2 is 1.80 bits per heavy atom. The van der Waals surface area contributed by atoms with Crippen molar-refractivity contribution in [1.29, 1.82) is 0 Å². The van der Waals surface area contributed by atoms with E-state index < -0.39 is 0 Å². The predicted molar refractivity (Wildman–Crippen MR) is 85.1 cm³/mol. The molecular weight excluding hydrogens is 246 g/mol. The van der Waals surface area contributed by atoms with Crippen LogP contribution in [-0.4, -0.2) is 13.7 Å². The van der Waals surface area contributed by atoms with Gasteiger partial charge in [-0.3, -0.25) is 0 Å². The number of ether oxygens (including phenoxy) is 1. The van der Waals surface area contributed by atoms with Crippen molar-refractivity contribution in [3.63, 3.8) is 0 Å². The molecule has 0 bridgehead atoms. The van der Waals surface area contributed by atoms with Crippen molar-refractivity contribution in [2.45, 2.75) is 46.0 Å². The third kappa shape index (κ3) is 3.35. The van der Waals surface area contributed by atoms with Gasteiger partial charge in [-0.25, -0.2) is 0 Å². The van der Waals surface area contributed by atoms with Crippen molar-refractivity contribution < 1.29 is 4.74 Å². The van der Waals surface area contributed by atoms with Gasteiger partial charge in [-0.15, -0.1) is 0 Å². The predicted octanol–water partition coefficient (Wildman–Crippen LogP) is 4.20. The Labute approximate surface area is 123 Å². The molecule has 20 heavy (non-hydrogen) atoms. The molecule has 3 atom stereocenters. The minimum absolute atomic E-state index is 0.393. The minimum Gasteiger partial charge on any atom is -0.497 e. The number of methoxy groups -OCH3 is 1. The van der Waals surface area contributed by atoms with Crippen LogP contribution in [0.25, 0.3) is 0 Å². The summed E-state index contributed by atoms with van der Waals surface area (Å²) >= 11 is 0. The molecule has 0 saturated heterocycles. The lowest BCUT2D eigenvalue weighted by Crippen LogP contribution is -2.33. The van der Waals surface area contributed by atoms with E-state index in [1.807, 2.05) is 0 Å². The maximum absolute atomic E-state index is 6.02. The summed E-state index contributed by atoms with van der Waals surface area (Å²) in [6.07, 6.45) is 3.84. The van der Waals surface area contributed by atoms with Gasteiger partial charge in [0.05, 0.1) is 7.11 Å². The first-order valence-corrected chi connectivity index (χ1v) is 7.79. The van der Waals surface area contributed by atoms with E-state index in [0.717, 1.165) is 18.2 Å². The normalized spacial score (nSPS) is 27.4. The third-order valence-electron chi connectivity index (χ3n) is 5.06. The van der Waals surface area contributed by atoms with Crippen molar-refractivity contribution in [1.82, 2.24) is 0 Å². The van der Waals surface area contributed by atoms with Gasteiger partial charge >= 0.3 is 0 Å². The van der Waals surface area contributed by atoms with Gasteiger partial charge in [0.2, 0.25) is 0 Å². The monoisotopic (exact) mass is 275 g/mol. The van der Waals surface area contributed by atoms with Crippen molar-refractivity contribution in [2.24, 2.45) is 23.0 Å². The van der Waals surface area contributed by atoms with Gasteiger partial charge in [0.15, 0.2) is 0 Å². The topological polar surface area (TPSA) is 35.2 Å². The summed E-state index contributed by atoms with van der Waals surface area (Å²) in [7, 11) is 1.72. The zero-order valence-corrected chi connectivity index (χ0v) is 13.4. The fraction of sp³-hybridized carbons (Fsp3) is 0.667. The molecule has 2 heteroatoms. The zero-order chi connectivity index (χ0) is 14.8. The molecular formula is C18H29NO. The summed E-state index contributed by atoms with van der Waals surface area (Å²) in [6, 6.07) is 8.58. The van der Waals surface area contributed by atoms with E-state index in [9.17, 15) is 0 Å². The molecule has 2 nitrogen and oxygen atoms in total. The maximum atomic E-state index is 6.02. The van der Waals surface area contributed by atoms with E-state index >= 15 is 0 Å². The van der Waals surface area contributed by atoms with E-state index in [1.54, 1.807) is 7.11 Å². The van der Waals surface area contributed by atoms with Crippen LogP contribution in [0.1, 0.15) is 51.5 Å². The molecule has 0 aromatic heterocycles. The van der Waals surface area contributed by atoms with E-state index in [0.29, 0.717) is 17.3 Å². The lowest BCUT2D eigenvalue weighted by molar-refractivity contribution is 0.133. The summed E-state index contributed by atoms with van der Waals surface area (Å²) in [4.78, 5) is 0. The Balaban J connectivity index is 2.19. The van der Waals surface area contributed by atoms with E-state index in [4.69, 9.17) is 10.5 Å². The van der Waals surface area contributed by atoms with Crippen molar-refractivity contribution >= 4 is 0 Å². The molecule has 1 aromatic rings. The second-order valence-electron chi connectivity index (χ2n) is 7.25. The lowest BCUT2D eigenvalue weighted by Gasteiger charge is -2.42. The molecule has 112 valence electrons. The zero-order valence-electron chi connectivity index (χ0n) is 13.4. The van der Waals surface area contributed by atoms with Crippen LogP contribution in [0.4, 0.5) is 0 Å². The van der Waals surface area contributed by atoms with Gasteiger partial charge in [0.1, 0.15) is 5.75 Å². The quantitative estimate of drug-likeness (QED) is 0.897. The Morgan fingerprint density at radius 3 is 2.30 bits per heavy atom. The van der Waals surface area contributed by atoms with Crippen LogP contribution >= 0.6 is 0 Å². The van der Waals surface area contributed by atoms with Crippen molar-refractivity contribution in [2.75, 3.05) is 13.7 Å². The average Bonchev–Trinajstić information content (AvgIpc) is 2.45. The summed E-state index contributed by atoms with van der Waals surface area (Å²) < 4.78 is 5.26. The van der Waals surface area contributed by atoms with Crippen LogP contribution in [0.5, 0.6) is 5.75 Å². The summed E-state index contributed by atoms with van der Waals surface area (Å²) in [5, 5.41) is 0. The second-order valence-corrected chi connectivity index (χ2v) is 7.25. The summed E-state index contributed by atoms with van der Waals surface area (Å²) in [6.45, 7) is 7.90. The SMILES string of the molecule is COc1ccc(C2CC(C(C)(C)C)CCC2CN)cc1. The number of rotatable bonds is 3. The smallest absolute Gasteiger partial charge is 0.118 e. The number of hydrogen-bond donors (Lipinski definition) is 1. The molecule has 0 amide bonds. The molecule has 0 aliphatic heterocycles. The molecule has 1 aliphatic carbocycles. The molecule has 2 N–H and O–H groups in total. The number of nitrogens with two attached hydrogens (primary N) is 1. The summed E-state index contributed by atoms with van der Waals surface area (Å²) in [5.74, 6) is 2.95. The van der Waals surface area contributed by atoms with Gasteiger partial charge in [0, 0.05) is 0 Å². The van der Waals surface area contributed by atoms with E-state index in [2.05, 4.69) is 45.0 Å². The largest absolute Gasteiger partial charge is 0.497 e. The highest BCUT2D eigenvalue weighted by atomic mass is 16.5. The van der Waals surface area contributed by atoms with Gasteiger partial charge < -0.3 is 10.5 Å². The van der Waals surface area contributed by atoms with Gasteiger partial charge in [-0.2, -0.15) is 0 Å². The summed E-state index contributed by atoms with van der Waals surface area (Å²) in [5.41, 5.74) is 7.84. The molecule has 0 spiro atoms. The average molecular weight is 275 g/mol. The molecule has 1 aromatic carbocycles. The van der Waals surface area contributed by atoms with Crippen LogP contribution in [0.15, 0.2) is 24.3 Å².